The van der Waals surface area contributed by atoms with Crippen LogP contribution in [0.2, 0.25) is 0 Å². The van der Waals surface area contributed by atoms with Crippen molar-refractivity contribution in [1.29, 1.82) is 0 Å². The highest BCUT2D eigenvalue weighted by molar-refractivity contribution is 5.80. The van der Waals surface area contributed by atoms with E-state index < -0.39 is 0 Å². The van der Waals surface area contributed by atoms with Crippen molar-refractivity contribution in [2.45, 2.75) is 6.92 Å². The Morgan fingerprint density at radius 2 is 2.11 bits per heavy atom. The molecule has 1 heterocycles. The van der Waals surface area contributed by atoms with Gasteiger partial charge in [-0.15, -0.1) is 0 Å². The van der Waals surface area contributed by atoms with Crippen molar-refractivity contribution in [3.63, 3.8) is 0 Å². The minimum atomic E-state index is 0.0226. The Morgan fingerprint density at radius 3 is 2.61 bits per heavy atom. The maximum Gasteiger partial charge on any atom is 0.241 e. The summed E-state index contributed by atoms with van der Waals surface area (Å²) >= 11 is 0. The van der Waals surface area contributed by atoms with Crippen LogP contribution >= 0.6 is 0 Å². The van der Waals surface area contributed by atoms with Gasteiger partial charge >= 0.3 is 0 Å². The minimum absolute atomic E-state index is 0.0226. The zero-order valence-corrected chi connectivity index (χ0v) is 11.3. The standard InChI is InChI=1S/C12H20N4O2/c1-5-16(8-11(17)15(2)3)10-7-6-9(13)12(14-10)18-4/h6-7H,5,8,13H2,1-4H3. The second-order valence-corrected chi connectivity index (χ2v) is 4.07. The molecule has 0 spiro atoms. The van der Waals surface area contributed by atoms with Crippen molar-refractivity contribution in [2.75, 3.05) is 44.9 Å². The fourth-order valence-electron chi connectivity index (χ4n) is 1.44. The second-order valence-electron chi connectivity index (χ2n) is 4.07. The van der Waals surface area contributed by atoms with Gasteiger partial charge in [0.15, 0.2) is 0 Å². The molecule has 0 aliphatic heterocycles. The lowest BCUT2D eigenvalue weighted by molar-refractivity contribution is -0.127. The number of nitrogens with zero attached hydrogens (tertiary/aromatic N) is 3. The zero-order valence-electron chi connectivity index (χ0n) is 11.3. The predicted octanol–water partition coefficient (Wildman–Crippen LogP) is 0.587. The molecule has 0 aliphatic rings. The molecule has 0 radical (unpaired) electrons. The molecule has 2 N–H and O–H groups in total. The summed E-state index contributed by atoms with van der Waals surface area (Å²) in [7, 11) is 4.98. The van der Waals surface area contributed by atoms with Crippen molar-refractivity contribution in [2.24, 2.45) is 0 Å². The number of nitrogens with two attached hydrogens (primary N) is 1. The van der Waals surface area contributed by atoms with Crippen molar-refractivity contribution in [3.05, 3.63) is 12.1 Å². The molecule has 1 rings (SSSR count). The number of anilines is 2. The first kappa shape index (κ1) is 14.1. The molecule has 18 heavy (non-hydrogen) atoms. The predicted molar refractivity (Wildman–Crippen MR) is 71.8 cm³/mol. The lowest BCUT2D eigenvalue weighted by Gasteiger charge is -2.23. The fourth-order valence-corrected chi connectivity index (χ4v) is 1.44. The molecule has 0 saturated heterocycles. The van der Waals surface area contributed by atoms with E-state index in [1.807, 2.05) is 11.8 Å². The van der Waals surface area contributed by atoms with Gasteiger partial charge in [-0.1, -0.05) is 0 Å². The summed E-state index contributed by atoms with van der Waals surface area (Å²) in [6.07, 6.45) is 0. The van der Waals surface area contributed by atoms with Crippen LogP contribution < -0.4 is 15.4 Å². The number of carbonyl (C=O) groups excluding carboxylic acids is 1. The number of likely N-dealkylation sites (N-methyl/N-ethyl adjacent to an activating group) is 2. The quantitative estimate of drug-likeness (QED) is 0.830. The number of pyridine rings is 1. The largest absolute Gasteiger partial charge is 0.479 e. The van der Waals surface area contributed by atoms with Gasteiger partial charge in [-0.3, -0.25) is 4.79 Å². The molecule has 0 atom stereocenters. The number of hydrogen-bond donors (Lipinski definition) is 1. The summed E-state index contributed by atoms with van der Waals surface area (Å²) in [6.45, 7) is 2.93. The molecule has 6 nitrogen and oxygen atoms in total. The monoisotopic (exact) mass is 252 g/mol. The van der Waals surface area contributed by atoms with E-state index in [9.17, 15) is 4.79 Å². The molecule has 0 bridgehead atoms. The van der Waals surface area contributed by atoms with Crippen molar-refractivity contribution >= 4 is 17.4 Å². The lowest BCUT2D eigenvalue weighted by atomic mass is 10.3. The zero-order chi connectivity index (χ0) is 13.7. The maximum absolute atomic E-state index is 11.7. The molecule has 0 saturated carbocycles. The van der Waals surface area contributed by atoms with E-state index in [4.69, 9.17) is 10.5 Å². The third-order valence-corrected chi connectivity index (χ3v) is 2.60. The lowest BCUT2D eigenvalue weighted by Crippen LogP contribution is -2.37. The van der Waals surface area contributed by atoms with Crippen LogP contribution in [-0.2, 0) is 4.79 Å². The highest BCUT2D eigenvalue weighted by atomic mass is 16.5. The normalized spacial score (nSPS) is 10.0. The number of aromatic nitrogens is 1. The number of hydrogen-bond acceptors (Lipinski definition) is 5. The van der Waals surface area contributed by atoms with Crippen LogP contribution in [0, 0.1) is 0 Å². The molecule has 1 aromatic rings. The number of carbonyl (C=O) groups is 1. The van der Waals surface area contributed by atoms with E-state index in [-0.39, 0.29) is 12.5 Å². The molecule has 100 valence electrons. The first-order chi connectivity index (χ1) is 8.49. The van der Waals surface area contributed by atoms with Crippen LogP contribution in [0.3, 0.4) is 0 Å². The van der Waals surface area contributed by atoms with Gasteiger partial charge in [-0.25, -0.2) is 0 Å². The Labute approximate surface area is 107 Å². The van der Waals surface area contributed by atoms with Gasteiger partial charge in [0.05, 0.1) is 19.3 Å². The van der Waals surface area contributed by atoms with Crippen molar-refractivity contribution in [3.8, 4) is 5.88 Å². The maximum atomic E-state index is 11.7. The number of rotatable bonds is 5. The van der Waals surface area contributed by atoms with Crippen molar-refractivity contribution in [1.82, 2.24) is 9.88 Å². The molecular weight excluding hydrogens is 232 g/mol. The van der Waals surface area contributed by atoms with E-state index >= 15 is 0 Å². The third-order valence-electron chi connectivity index (χ3n) is 2.60. The van der Waals surface area contributed by atoms with E-state index in [0.717, 1.165) is 0 Å². The summed E-state index contributed by atoms with van der Waals surface area (Å²) in [6, 6.07) is 3.51. The van der Waals surface area contributed by atoms with Gasteiger partial charge in [0.2, 0.25) is 11.8 Å². The highest BCUT2D eigenvalue weighted by Gasteiger charge is 2.14. The van der Waals surface area contributed by atoms with Crippen molar-refractivity contribution < 1.29 is 9.53 Å². The molecule has 1 aromatic heterocycles. The molecule has 0 aromatic carbocycles. The van der Waals surface area contributed by atoms with Gasteiger partial charge in [0, 0.05) is 20.6 Å². The number of methoxy groups -OCH3 is 1. The summed E-state index contributed by atoms with van der Waals surface area (Å²) in [4.78, 5) is 19.4. The summed E-state index contributed by atoms with van der Waals surface area (Å²) in [5.74, 6) is 1.08. The number of nitrogen functional groups attached to an aromatic ring is 1. The van der Waals surface area contributed by atoms with Crippen LogP contribution in [0.5, 0.6) is 5.88 Å². The molecule has 0 unspecified atom stereocenters. The minimum Gasteiger partial charge on any atom is -0.479 e. The number of amides is 1. The van der Waals surface area contributed by atoms with E-state index in [2.05, 4.69) is 4.98 Å². The fraction of sp³-hybridized carbons (Fsp3) is 0.500. The van der Waals surface area contributed by atoms with E-state index in [0.29, 0.717) is 23.9 Å². The highest BCUT2D eigenvalue weighted by Crippen LogP contribution is 2.22. The van der Waals surface area contributed by atoms with Gasteiger partial charge in [-0.2, -0.15) is 4.98 Å². The van der Waals surface area contributed by atoms with Crippen LogP contribution in [-0.4, -0.2) is 50.1 Å². The van der Waals surface area contributed by atoms with Crippen LogP contribution in [0.15, 0.2) is 12.1 Å². The average Bonchev–Trinajstić information content (AvgIpc) is 2.36. The van der Waals surface area contributed by atoms with Gasteiger partial charge < -0.3 is 20.3 Å². The Bertz CT molecular complexity index is 421. The smallest absolute Gasteiger partial charge is 0.241 e. The summed E-state index contributed by atoms with van der Waals surface area (Å²) in [5.41, 5.74) is 6.19. The van der Waals surface area contributed by atoms with E-state index in [1.54, 1.807) is 31.1 Å². The Morgan fingerprint density at radius 1 is 1.44 bits per heavy atom. The topological polar surface area (TPSA) is 71.7 Å². The first-order valence-electron chi connectivity index (χ1n) is 5.75. The van der Waals surface area contributed by atoms with Crippen LogP contribution in [0.4, 0.5) is 11.5 Å². The van der Waals surface area contributed by atoms with Crippen LogP contribution in [0.25, 0.3) is 0 Å². The number of ether oxygens (including phenoxy) is 1. The van der Waals surface area contributed by atoms with Gasteiger partial charge in [0.1, 0.15) is 5.82 Å². The summed E-state index contributed by atoms with van der Waals surface area (Å²) < 4.78 is 5.07. The SMILES string of the molecule is CCN(CC(=O)N(C)C)c1ccc(N)c(OC)n1. The summed E-state index contributed by atoms with van der Waals surface area (Å²) in [5, 5.41) is 0. The second kappa shape index (κ2) is 6.09. The molecule has 1 amide bonds. The molecular formula is C12H20N4O2. The third kappa shape index (κ3) is 3.26. The first-order valence-corrected chi connectivity index (χ1v) is 5.75. The average molecular weight is 252 g/mol. The Hall–Kier alpha value is -1.98. The molecule has 0 fully saturated rings. The Kier molecular flexibility index (Phi) is 4.76. The molecule has 6 heteroatoms. The van der Waals surface area contributed by atoms with Gasteiger partial charge in [0.25, 0.3) is 0 Å². The van der Waals surface area contributed by atoms with Gasteiger partial charge in [-0.05, 0) is 19.1 Å². The van der Waals surface area contributed by atoms with Crippen LogP contribution in [0.1, 0.15) is 6.92 Å². The Balaban J connectivity index is 2.91. The van der Waals surface area contributed by atoms with E-state index in [1.165, 1.54) is 7.11 Å². The molecule has 0 aliphatic carbocycles.